The molecule has 0 nitrogen and oxygen atoms in total. The molecule has 0 aliphatic rings. The second kappa shape index (κ2) is 8.61. The number of rotatable bonds is 5. The highest BCUT2D eigenvalue weighted by molar-refractivity contribution is 7.30. The standard InChI is InChI=1S/C26H26B2S2/c1-15-11-17(3)25(18(4)12-15)27-23-9-7-21(29-23)22-8-10-24(30-22)28-26-19(5)13-16(2)14-20(26)6/h7-14H,1-6H3. The van der Waals surface area contributed by atoms with Crippen LogP contribution in [0.2, 0.25) is 0 Å². The summed E-state index contributed by atoms with van der Waals surface area (Å²) in [5.41, 5.74) is 10.7. The van der Waals surface area contributed by atoms with Crippen molar-refractivity contribution in [2.45, 2.75) is 41.5 Å². The van der Waals surface area contributed by atoms with E-state index in [4.69, 9.17) is 0 Å². The van der Waals surface area contributed by atoms with Crippen LogP contribution >= 0.6 is 22.7 Å². The summed E-state index contributed by atoms with van der Waals surface area (Å²) in [5, 5.41) is 0. The maximum atomic E-state index is 2.33. The topological polar surface area (TPSA) is 0 Å². The summed E-state index contributed by atoms with van der Waals surface area (Å²) in [6.07, 6.45) is 0. The molecule has 2 radical (unpaired) electrons. The third-order valence-electron chi connectivity index (χ3n) is 5.55. The highest BCUT2D eigenvalue weighted by Gasteiger charge is 2.13. The Morgan fingerprint density at radius 1 is 0.500 bits per heavy atom. The first-order chi connectivity index (χ1) is 14.3. The molecule has 0 spiro atoms. The van der Waals surface area contributed by atoms with Gasteiger partial charge in [0.1, 0.15) is 0 Å². The molecule has 0 saturated heterocycles. The lowest BCUT2D eigenvalue weighted by molar-refractivity contribution is 1.35. The lowest BCUT2D eigenvalue weighted by Crippen LogP contribution is -2.29. The third-order valence-corrected chi connectivity index (χ3v) is 7.81. The van der Waals surface area contributed by atoms with Gasteiger partial charge in [-0.3, -0.25) is 0 Å². The van der Waals surface area contributed by atoms with Crippen molar-refractivity contribution in [1.29, 1.82) is 0 Å². The van der Waals surface area contributed by atoms with E-state index < -0.39 is 0 Å². The molecular formula is C26H26B2S2. The van der Waals surface area contributed by atoms with Gasteiger partial charge in [0.25, 0.3) is 0 Å². The van der Waals surface area contributed by atoms with Gasteiger partial charge < -0.3 is 0 Å². The summed E-state index contributed by atoms with van der Waals surface area (Å²) in [4.78, 5) is 2.68. The SMILES string of the molecule is Cc1cc(C)c([B]c2ccc(-c3ccc([B]c4c(C)cc(C)cc4C)s3)s2)c(C)c1. The Morgan fingerprint density at radius 3 is 1.17 bits per heavy atom. The second-order valence-corrected chi connectivity index (χ2v) is 10.5. The van der Waals surface area contributed by atoms with E-state index in [0.29, 0.717) is 0 Å². The van der Waals surface area contributed by atoms with Gasteiger partial charge in [-0.05, 0) is 63.2 Å². The Morgan fingerprint density at radius 2 is 0.833 bits per heavy atom. The van der Waals surface area contributed by atoms with Crippen molar-refractivity contribution >= 4 is 57.7 Å². The normalized spacial score (nSPS) is 11.0. The van der Waals surface area contributed by atoms with Crippen LogP contribution in [-0.2, 0) is 0 Å². The van der Waals surface area contributed by atoms with Gasteiger partial charge in [-0.1, -0.05) is 80.7 Å². The molecule has 4 heteroatoms. The van der Waals surface area contributed by atoms with Crippen LogP contribution in [0.15, 0.2) is 48.5 Å². The minimum absolute atomic E-state index is 1.31. The van der Waals surface area contributed by atoms with Crippen molar-refractivity contribution in [2.24, 2.45) is 0 Å². The fraction of sp³-hybridized carbons (Fsp3) is 0.231. The molecule has 148 valence electrons. The molecule has 0 atom stereocenters. The average Bonchev–Trinajstić information content (AvgIpc) is 3.30. The summed E-state index contributed by atoms with van der Waals surface area (Å²) in [7, 11) is 4.66. The zero-order valence-corrected chi connectivity index (χ0v) is 20.2. The fourth-order valence-electron chi connectivity index (χ4n) is 4.25. The number of aryl methyl sites for hydroxylation is 6. The minimum atomic E-state index is 1.31. The summed E-state index contributed by atoms with van der Waals surface area (Å²) in [6, 6.07) is 18.1. The predicted octanol–water partition coefficient (Wildman–Crippen LogP) is 4.64. The van der Waals surface area contributed by atoms with E-state index in [-0.39, 0.29) is 0 Å². The molecule has 0 N–H and O–H groups in total. The zero-order chi connectivity index (χ0) is 21.4. The number of hydrogen-bond donors (Lipinski definition) is 0. The van der Waals surface area contributed by atoms with Crippen molar-refractivity contribution in [3.63, 3.8) is 0 Å². The van der Waals surface area contributed by atoms with Gasteiger partial charge in [0.05, 0.1) is 0 Å². The fourth-order valence-corrected chi connectivity index (χ4v) is 6.24. The van der Waals surface area contributed by atoms with Crippen molar-refractivity contribution in [3.05, 3.63) is 81.9 Å². The van der Waals surface area contributed by atoms with Gasteiger partial charge in [0.2, 0.25) is 14.6 Å². The van der Waals surface area contributed by atoms with Crippen LogP contribution < -0.4 is 20.5 Å². The second-order valence-electron chi connectivity index (χ2n) is 8.32. The highest BCUT2D eigenvalue weighted by atomic mass is 32.1. The Bertz CT molecular complexity index is 1070. The predicted molar refractivity (Wildman–Crippen MR) is 139 cm³/mol. The average molecular weight is 424 g/mol. The van der Waals surface area contributed by atoms with E-state index in [9.17, 15) is 0 Å². The quantitative estimate of drug-likeness (QED) is 0.410. The smallest absolute Gasteiger partial charge is 0.150 e. The minimum Gasteiger partial charge on any atom is -0.150 e. The third kappa shape index (κ3) is 4.50. The Balaban J connectivity index is 1.54. The first-order valence-corrected chi connectivity index (χ1v) is 12.0. The van der Waals surface area contributed by atoms with E-state index in [1.54, 1.807) is 0 Å². The van der Waals surface area contributed by atoms with Crippen molar-refractivity contribution in [3.8, 4) is 9.75 Å². The number of thiophene rings is 2. The van der Waals surface area contributed by atoms with Gasteiger partial charge in [-0.2, -0.15) is 0 Å². The Labute approximate surface area is 190 Å². The molecule has 2 aromatic heterocycles. The van der Waals surface area contributed by atoms with Crippen molar-refractivity contribution < 1.29 is 0 Å². The molecule has 0 aliphatic heterocycles. The van der Waals surface area contributed by atoms with Gasteiger partial charge in [-0.15, -0.1) is 22.7 Å². The van der Waals surface area contributed by atoms with Crippen LogP contribution in [0.25, 0.3) is 9.75 Å². The van der Waals surface area contributed by atoms with Gasteiger partial charge in [0.15, 0.2) is 0 Å². The van der Waals surface area contributed by atoms with Gasteiger partial charge in [-0.25, -0.2) is 0 Å². The Hall–Kier alpha value is -2.03. The first-order valence-electron chi connectivity index (χ1n) is 10.4. The molecule has 0 amide bonds. The molecule has 0 fully saturated rings. The Kier molecular flexibility index (Phi) is 6.09. The molecule has 0 aliphatic carbocycles. The maximum Gasteiger partial charge on any atom is 0.205 e. The molecule has 0 bridgehead atoms. The van der Waals surface area contributed by atoms with E-state index in [1.807, 2.05) is 22.7 Å². The number of benzene rings is 2. The van der Waals surface area contributed by atoms with E-state index in [2.05, 4.69) is 105 Å². The van der Waals surface area contributed by atoms with Crippen LogP contribution in [0.4, 0.5) is 0 Å². The largest absolute Gasteiger partial charge is 0.205 e. The lowest BCUT2D eigenvalue weighted by atomic mass is 9.65. The van der Waals surface area contributed by atoms with Crippen molar-refractivity contribution in [1.82, 2.24) is 0 Å². The van der Waals surface area contributed by atoms with Crippen molar-refractivity contribution in [2.75, 3.05) is 0 Å². The molecule has 4 aromatic rings. The maximum absolute atomic E-state index is 2.33. The molecule has 0 unspecified atom stereocenters. The summed E-state index contributed by atoms with van der Waals surface area (Å²) >= 11 is 3.74. The van der Waals surface area contributed by atoms with Gasteiger partial charge in [0, 0.05) is 9.75 Å². The van der Waals surface area contributed by atoms with Crippen LogP contribution in [0, 0.1) is 41.5 Å². The van der Waals surface area contributed by atoms with E-state index >= 15 is 0 Å². The van der Waals surface area contributed by atoms with Crippen LogP contribution in [0.5, 0.6) is 0 Å². The first kappa shape index (κ1) is 21.2. The molecular weight excluding hydrogens is 398 g/mol. The molecule has 0 saturated carbocycles. The highest BCUT2D eigenvalue weighted by Crippen LogP contribution is 2.27. The van der Waals surface area contributed by atoms with Gasteiger partial charge >= 0.3 is 0 Å². The summed E-state index contributed by atoms with van der Waals surface area (Å²) in [6.45, 7) is 13.1. The van der Waals surface area contributed by atoms with Crippen LogP contribution in [-0.4, -0.2) is 14.6 Å². The lowest BCUT2D eigenvalue weighted by Gasteiger charge is -2.09. The van der Waals surface area contributed by atoms with E-state index in [0.717, 1.165) is 0 Å². The molecule has 2 aromatic carbocycles. The van der Waals surface area contributed by atoms with E-state index in [1.165, 1.54) is 63.6 Å². The van der Waals surface area contributed by atoms with Crippen LogP contribution in [0.3, 0.4) is 0 Å². The van der Waals surface area contributed by atoms with Crippen LogP contribution in [0.1, 0.15) is 33.4 Å². The summed E-state index contributed by atoms with van der Waals surface area (Å²) in [5.74, 6) is 0. The zero-order valence-electron chi connectivity index (χ0n) is 18.6. The number of hydrogen-bond acceptors (Lipinski definition) is 2. The molecule has 4 rings (SSSR count). The molecule has 30 heavy (non-hydrogen) atoms. The molecule has 2 heterocycles. The monoisotopic (exact) mass is 424 g/mol. The summed E-state index contributed by atoms with van der Waals surface area (Å²) < 4.78 is 2.62.